The third-order valence-electron chi connectivity index (χ3n) is 2.12. The van der Waals surface area contributed by atoms with E-state index in [0.29, 0.717) is 6.54 Å². The molecule has 0 atom stereocenters. The van der Waals surface area contributed by atoms with Gasteiger partial charge in [-0.1, -0.05) is 0 Å². The van der Waals surface area contributed by atoms with Gasteiger partial charge in [-0.3, -0.25) is 9.69 Å². The third-order valence-corrected chi connectivity index (χ3v) is 2.12. The molecule has 0 N–H and O–H groups in total. The minimum atomic E-state index is -4.54. The van der Waals surface area contributed by atoms with Crippen LogP contribution in [0.15, 0.2) is 0 Å². The first-order valence-corrected chi connectivity index (χ1v) is 4.51. The smallest absolute Gasteiger partial charge is 0.324 e. The van der Waals surface area contributed by atoms with Gasteiger partial charge in [0.2, 0.25) is 5.91 Å². The molecule has 7 heteroatoms. The molecule has 0 bridgehead atoms. The van der Waals surface area contributed by atoms with Gasteiger partial charge < -0.3 is 4.90 Å². The molecule has 1 heterocycles. The zero-order valence-corrected chi connectivity index (χ0v) is 8.17. The van der Waals surface area contributed by atoms with Crippen molar-refractivity contribution in [3.05, 3.63) is 0 Å². The second-order valence-corrected chi connectivity index (χ2v) is 3.21. The van der Waals surface area contributed by atoms with Crippen LogP contribution in [0.3, 0.4) is 0 Å². The second-order valence-electron chi connectivity index (χ2n) is 3.21. The predicted octanol–water partition coefficient (Wildman–Crippen LogP) is 1.22. The molecule has 1 rings (SSSR count). The zero-order valence-electron chi connectivity index (χ0n) is 8.17. The van der Waals surface area contributed by atoms with Crippen LogP contribution >= 0.6 is 0 Å². The van der Waals surface area contributed by atoms with E-state index in [0.717, 1.165) is 0 Å². The minimum Gasteiger partial charge on any atom is -0.324 e. The molecule has 3 amide bonds. The largest absolute Gasteiger partial charge is 0.406 e. The van der Waals surface area contributed by atoms with E-state index >= 15 is 0 Å². The van der Waals surface area contributed by atoms with Gasteiger partial charge in [0.15, 0.2) is 0 Å². The molecule has 0 aromatic carbocycles. The van der Waals surface area contributed by atoms with Gasteiger partial charge in [0, 0.05) is 19.5 Å². The van der Waals surface area contributed by atoms with Crippen LogP contribution in [-0.4, -0.2) is 47.5 Å². The topological polar surface area (TPSA) is 40.6 Å². The minimum absolute atomic E-state index is 0.0460. The van der Waals surface area contributed by atoms with E-state index in [4.69, 9.17) is 0 Å². The molecule has 4 nitrogen and oxygen atoms in total. The van der Waals surface area contributed by atoms with E-state index in [1.54, 1.807) is 6.92 Å². The molecule has 0 radical (unpaired) electrons. The Morgan fingerprint density at radius 2 is 1.93 bits per heavy atom. The molecule has 0 aromatic heterocycles. The Labute approximate surface area is 84.6 Å². The van der Waals surface area contributed by atoms with Crippen molar-refractivity contribution in [3.8, 4) is 0 Å². The van der Waals surface area contributed by atoms with Gasteiger partial charge >= 0.3 is 12.2 Å². The van der Waals surface area contributed by atoms with E-state index < -0.39 is 24.7 Å². The second kappa shape index (κ2) is 4.08. The lowest BCUT2D eigenvalue weighted by atomic mass is 10.2. The SMILES string of the molecule is CCN1CCC(=O)N(CC(F)(F)F)C1=O. The number of carbonyl (C=O) groups is 2. The Balaban J connectivity index is 2.75. The predicted molar refractivity (Wildman–Crippen MR) is 45.0 cm³/mol. The summed E-state index contributed by atoms with van der Waals surface area (Å²) in [5.74, 6) is -0.762. The average molecular weight is 224 g/mol. The fraction of sp³-hybridized carbons (Fsp3) is 0.750. The van der Waals surface area contributed by atoms with Crippen LogP contribution < -0.4 is 0 Å². The highest BCUT2D eigenvalue weighted by atomic mass is 19.4. The van der Waals surface area contributed by atoms with E-state index in [9.17, 15) is 22.8 Å². The van der Waals surface area contributed by atoms with Crippen molar-refractivity contribution in [2.45, 2.75) is 19.5 Å². The summed E-state index contributed by atoms with van der Waals surface area (Å²) in [6.07, 6.45) is -4.59. The van der Waals surface area contributed by atoms with Crippen molar-refractivity contribution in [1.29, 1.82) is 0 Å². The number of nitrogens with zero attached hydrogens (tertiary/aromatic N) is 2. The Hall–Kier alpha value is -1.27. The van der Waals surface area contributed by atoms with Crippen molar-refractivity contribution >= 4 is 11.9 Å². The fourth-order valence-corrected chi connectivity index (χ4v) is 1.37. The first kappa shape index (κ1) is 11.8. The van der Waals surface area contributed by atoms with E-state index in [2.05, 4.69) is 0 Å². The quantitative estimate of drug-likeness (QED) is 0.707. The molecule has 1 fully saturated rings. The molecule has 0 spiro atoms. The summed E-state index contributed by atoms with van der Waals surface area (Å²) in [6.45, 7) is 0.656. The molecule has 0 aliphatic carbocycles. The summed E-state index contributed by atoms with van der Waals surface area (Å²) in [6, 6.07) is -0.855. The molecule has 1 saturated heterocycles. The summed E-state index contributed by atoms with van der Waals surface area (Å²) in [4.78, 5) is 24.0. The Morgan fingerprint density at radius 1 is 1.33 bits per heavy atom. The molecule has 86 valence electrons. The number of alkyl halides is 3. The van der Waals surface area contributed by atoms with Crippen molar-refractivity contribution in [1.82, 2.24) is 9.80 Å². The molecule has 0 saturated carbocycles. The molecular weight excluding hydrogens is 213 g/mol. The normalized spacial score (nSPS) is 18.7. The summed E-state index contributed by atoms with van der Waals surface area (Å²) in [7, 11) is 0. The van der Waals surface area contributed by atoms with Crippen LogP contribution in [0.2, 0.25) is 0 Å². The van der Waals surface area contributed by atoms with Gasteiger partial charge in [-0.2, -0.15) is 13.2 Å². The van der Waals surface area contributed by atoms with Gasteiger partial charge in [0.1, 0.15) is 6.54 Å². The molecular formula is C8H11F3N2O2. The fourth-order valence-electron chi connectivity index (χ4n) is 1.37. The average Bonchev–Trinajstić information content (AvgIpc) is 2.11. The monoisotopic (exact) mass is 224 g/mol. The number of rotatable bonds is 2. The number of imide groups is 1. The van der Waals surface area contributed by atoms with Gasteiger partial charge in [-0.25, -0.2) is 4.79 Å². The standard InChI is InChI=1S/C8H11F3N2O2/c1-2-12-4-3-6(14)13(7(12)15)5-8(9,10)11/h2-5H2,1H3. The van der Waals surface area contributed by atoms with Gasteiger partial charge in [0.25, 0.3) is 0 Å². The third kappa shape index (κ3) is 2.84. The number of hydrogen-bond donors (Lipinski definition) is 0. The van der Waals surface area contributed by atoms with Gasteiger partial charge in [0.05, 0.1) is 0 Å². The van der Waals surface area contributed by atoms with Gasteiger partial charge in [-0.15, -0.1) is 0 Å². The van der Waals surface area contributed by atoms with Crippen molar-refractivity contribution in [2.75, 3.05) is 19.6 Å². The Bertz CT molecular complexity index is 278. The van der Waals surface area contributed by atoms with E-state index in [1.807, 2.05) is 0 Å². The van der Waals surface area contributed by atoms with E-state index in [1.165, 1.54) is 4.90 Å². The number of amides is 3. The van der Waals surface area contributed by atoms with Crippen LogP contribution in [0.25, 0.3) is 0 Å². The number of hydrogen-bond acceptors (Lipinski definition) is 2. The maximum absolute atomic E-state index is 12.1. The lowest BCUT2D eigenvalue weighted by molar-refractivity contribution is -0.158. The van der Waals surface area contributed by atoms with Crippen LogP contribution in [0.5, 0.6) is 0 Å². The van der Waals surface area contributed by atoms with Crippen LogP contribution in [-0.2, 0) is 4.79 Å². The number of urea groups is 1. The number of carbonyl (C=O) groups excluding carboxylic acids is 2. The summed E-state index contributed by atoms with van der Waals surface area (Å²) in [5.41, 5.74) is 0. The Kier molecular flexibility index (Phi) is 3.21. The maximum atomic E-state index is 12.1. The van der Waals surface area contributed by atoms with Crippen LogP contribution in [0, 0.1) is 0 Å². The first-order chi connectivity index (χ1) is 6.85. The lowest BCUT2D eigenvalue weighted by Crippen LogP contribution is -2.54. The highest BCUT2D eigenvalue weighted by Gasteiger charge is 2.39. The van der Waals surface area contributed by atoms with Crippen LogP contribution in [0.4, 0.5) is 18.0 Å². The molecule has 1 aliphatic rings. The molecule has 0 unspecified atom stereocenters. The highest BCUT2D eigenvalue weighted by Crippen LogP contribution is 2.20. The first-order valence-electron chi connectivity index (χ1n) is 4.51. The van der Waals surface area contributed by atoms with E-state index in [-0.39, 0.29) is 17.9 Å². The molecule has 1 aliphatic heterocycles. The summed E-state index contributed by atoms with van der Waals surface area (Å²) < 4.78 is 36.2. The van der Waals surface area contributed by atoms with Crippen molar-refractivity contribution in [2.24, 2.45) is 0 Å². The highest BCUT2D eigenvalue weighted by molar-refractivity contribution is 5.96. The van der Waals surface area contributed by atoms with Gasteiger partial charge in [-0.05, 0) is 6.92 Å². The molecule has 15 heavy (non-hydrogen) atoms. The lowest BCUT2D eigenvalue weighted by Gasteiger charge is -2.33. The van der Waals surface area contributed by atoms with Crippen molar-refractivity contribution < 1.29 is 22.8 Å². The summed E-state index contributed by atoms with van der Waals surface area (Å²) in [5, 5.41) is 0. The van der Waals surface area contributed by atoms with Crippen molar-refractivity contribution in [3.63, 3.8) is 0 Å². The Morgan fingerprint density at radius 3 is 2.40 bits per heavy atom. The zero-order chi connectivity index (χ0) is 11.6. The molecule has 0 aromatic rings. The van der Waals surface area contributed by atoms with Crippen LogP contribution in [0.1, 0.15) is 13.3 Å². The number of halogens is 3. The maximum Gasteiger partial charge on any atom is 0.406 e. The summed E-state index contributed by atoms with van der Waals surface area (Å²) >= 11 is 0.